The fourth-order valence-electron chi connectivity index (χ4n) is 3.03. The van der Waals surface area contributed by atoms with E-state index < -0.39 is 12.0 Å². The second kappa shape index (κ2) is 4.29. The van der Waals surface area contributed by atoms with Crippen molar-refractivity contribution in [3.8, 4) is 0 Å². The number of likely N-dealkylation sites (tertiary alicyclic amines) is 1. The van der Waals surface area contributed by atoms with E-state index >= 15 is 0 Å². The van der Waals surface area contributed by atoms with Gasteiger partial charge in [0, 0.05) is 13.1 Å². The van der Waals surface area contributed by atoms with Crippen molar-refractivity contribution in [2.24, 2.45) is 11.3 Å². The Hall–Kier alpha value is -1.10. The molecule has 0 aromatic heterocycles. The monoisotopic (exact) mass is 240 g/mol. The average Bonchev–Trinajstić information content (AvgIpc) is 2.81. The summed E-state index contributed by atoms with van der Waals surface area (Å²) >= 11 is 0. The highest BCUT2D eigenvalue weighted by molar-refractivity contribution is 5.89. The van der Waals surface area contributed by atoms with E-state index in [9.17, 15) is 14.7 Å². The highest BCUT2D eigenvalue weighted by atomic mass is 16.4. The molecule has 2 fully saturated rings. The van der Waals surface area contributed by atoms with Crippen LogP contribution in [0.3, 0.4) is 0 Å². The molecule has 2 atom stereocenters. The molecule has 1 spiro atoms. The SMILES string of the molecule is CC(C)[C@@H](C(=O)O)N1CC[C@@]2(CCNC2)C1=O. The van der Waals surface area contributed by atoms with E-state index in [-0.39, 0.29) is 17.2 Å². The molecule has 2 N–H and O–H groups in total. The molecule has 2 saturated heterocycles. The maximum atomic E-state index is 12.4. The predicted octanol–water partition coefficient (Wildman–Crippen LogP) is 0.308. The Labute approximate surface area is 101 Å². The van der Waals surface area contributed by atoms with Gasteiger partial charge < -0.3 is 15.3 Å². The van der Waals surface area contributed by atoms with Gasteiger partial charge in [-0.05, 0) is 25.3 Å². The summed E-state index contributed by atoms with van der Waals surface area (Å²) in [5, 5.41) is 12.5. The second-order valence-corrected chi connectivity index (χ2v) is 5.48. The molecule has 2 aliphatic heterocycles. The molecule has 5 heteroatoms. The standard InChI is InChI=1S/C12H20N2O3/c1-8(2)9(10(15)16)14-6-4-12(11(14)17)3-5-13-7-12/h8-9,13H,3-7H2,1-2H3,(H,15,16)/t9-,12+/m0/s1. The molecule has 17 heavy (non-hydrogen) atoms. The van der Waals surface area contributed by atoms with E-state index in [1.54, 1.807) is 4.90 Å². The summed E-state index contributed by atoms with van der Waals surface area (Å²) in [5.41, 5.74) is -0.317. The van der Waals surface area contributed by atoms with E-state index in [4.69, 9.17) is 0 Å². The number of amides is 1. The third kappa shape index (κ3) is 1.92. The van der Waals surface area contributed by atoms with Gasteiger partial charge in [-0.2, -0.15) is 0 Å². The van der Waals surface area contributed by atoms with Gasteiger partial charge in [0.25, 0.3) is 0 Å². The van der Waals surface area contributed by atoms with Gasteiger partial charge in [0.2, 0.25) is 5.91 Å². The summed E-state index contributed by atoms with van der Waals surface area (Å²) in [4.78, 5) is 25.2. The summed E-state index contributed by atoms with van der Waals surface area (Å²) < 4.78 is 0. The van der Waals surface area contributed by atoms with Crippen LogP contribution in [0.25, 0.3) is 0 Å². The first-order chi connectivity index (χ1) is 7.98. The second-order valence-electron chi connectivity index (χ2n) is 5.48. The molecule has 0 aliphatic carbocycles. The van der Waals surface area contributed by atoms with Crippen molar-refractivity contribution < 1.29 is 14.7 Å². The van der Waals surface area contributed by atoms with Gasteiger partial charge >= 0.3 is 5.97 Å². The third-order valence-electron chi connectivity index (χ3n) is 4.01. The number of aliphatic carboxylic acids is 1. The number of carbonyl (C=O) groups is 2. The molecule has 0 aromatic carbocycles. The highest BCUT2D eigenvalue weighted by Gasteiger charge is 2.51. The van der Waals surface area contributed by atoms with Crippen LogP contribution in [-0.2, 0) is 9.59 Å². The first kappa shape index (κ1) is 12.4. The van der Waals surface area contributed by atoms with Crippen LogP contribution in [0.4, 0.5) is 0 Å². The molecule has 5 nitrogen and oxygen atoms in total. The summed E-state index contributed by atoms with van der Waals surface area (Å²) in [6, 6.07) is -0.678. The third-order valence-corrected chi connectivity index (χ3v) is 4.01. The van der Waals surface area contributed by atoms with Crippen LogP contribution in [-0.4, -0.2) is 47.6 Å². The molecule has 0 aromatic rings. The van der Waals surface area contributed by atoms with Crippen LogP contribution in [0.5, 0.6) is 0 Å². The molecule has 96 valence electrons. The fourth-order valence-corrected chi connectivity index (χ4v) is 3.03. The zero-order valence-electron chi connectivity index (χ0n) is 10.4. The highest BCUT2D eigenvalue weighted by Crippen LogP contribution is 2.39. The van der Waals surface area contributed by atoms with Crippen molar-refractivity contribution in [2.75, 3.05) is 19.6 Å². The lowest BCUT2D eigenvalue weighted by Crippen LogP contribution is -2.48. The molecule has 2 rings (SSSR count). The molecule has 0 saturated carbocycles. The summed E-state index contributed by atoms with van der Waals surface area (Å²) in [6.45, 7) is 5.84. The van der Waals surface area contributed by atoms with Crippen molar-refractivity contribution in [2.45, 2.75) is 32.7 Å². The normalized spacial score (nSPS) is 30.5. The minimum absolute atomic E-state index is 0.0311. The predicted molar refractivity (Wildman–Crippen MR) is 62.5 cm³/mol. The number of carbonyl (C=O) groups excluding carboxylic acids is 1. The van der Waals surface area contributed by atoms with Gasteiger partial charge in [-0.25, -0.2) is 4.79 Å². The van der Waals surface area contributed by atoms with Crippen molar-refractivity contribution in [1.82, 2.24) is 10.2 Å². The Morgan fingerprint density at radius 3 is 2.65 bits per heavy atom. The molecule has 0 unspecified atom stereocenters. The van der Waals surface area contributed by atoms with Crippen LogP contribution in [0.1, 0.15) is 26.7 Å². The van der Waals surface area contributed by atoms with E-state index in [2.05, 4.69) is 5.32 Å². The zero-order valence-corrected chi connectivity index (χ0v) is 10.4. The molecule has 1 amide bonds. The minimum atomic E-state index is -0.892. The van der Waals surface area contributed by atoms with Crippen molar-refractivity contribution >= 4 is 11.9 Å². The summed E-state index contributed by atoms with van der Waals surface area (Å²) in [5.74, 6) is -0.916. The first-order valence-corrected chi connectivity index (χ1v) is 6.22. The first-order valence-electron chi connectivity index (χ1n) is 6.22. The zero-order chi connectivity index (χ0) is 12.6. The van der Waals surface area contributed by atoms with E-state index in [0.717, 1.165) is 19.4 Å². The number of rotatable bonds is 3. The van der Waals surface area contributed by atoms with Gasteiger partial charge in [0.05, 0.1) is 5.41 Å². The number of hydrogen-bond donors (Lipinski definition) is 2. The van der Waals surface area contributed by atoms with Crippen LogP contribution in [0, 0.1) is 11.3 Å². The van der Waals surface area contributed by atoms with Crippen LogP contribution in [0.2, 0.25) is 0 Å². The number of hydrogen-bond acceptors (Lipinski definition) is 3. The van der Waals surface area contributed by atoms with Gasteiger partial charge in [0.1, 0.15) is 6.04 Å². The fraction of sp³-hybridized carbons (Fsp3) is 0.833. The number of carboxylic acid groups (broad SMARTS) is 1. The van der Waals surface area contributed by atoms with E-state index in [1.165, 1.54) is 0 Å². The molecular formula is C12H20N2O3. The lowest BCUT2D eigenvalue weighted by molar-refractivity contribution is -0.152. The molecular weight excluding hydrogens is 220 g/mol. The van der Waals surface area contributed by atoms with Crippen LogP contribution in [0.15, 0.2) is 0 Å². The van der Waals surface area contributed by atoms with E-state index in [0.29, 0.717) is 13.1 Å². The number of nitrogens with one attached hydrogen (secondary N) is 1. The van der Waals surface area contributed by atoms with Gasteiger partial charge in [-0.3, -0.25) is 4.79 Å². The van der Waals surface area contributed by atoms with E-state index in [1.807, 2.05) is 13.8 Å². The lowest BCUT2D eigenvalue weighted by Gasteiger charge is -2.29. The van der Waals surface area contributed by atoms with Crippen LogP contribution < -0.4 is 5.32 Å². The Bertz CT molecular complexity index is 335. The average molecular weight is 240 g/mol. The van der Waals surface area contributed by atoms with Crippen molar-refractivity contribution in [3.63, 3.8) is 0 Å². The van der Waals surface area contributed by atoms with Crippen molar-refractivity contribution in [3.05, 3.63) is 0 Å². The Morgan fingerprint density at radius 1 is 1.47 bits per heavy atom. The van der Waals surface area contributed by atoms with Gasteiger partial charge in [-0.15, -0.1) is 0 Å². The molecule has 2 heterocycles. The summed E-state index contributed by atoms with van der Waals surface area (Å²) in [6.07, 6.45) is 1.63. The maximum absolute atomic E-state index is 12.4. The molecule has 0 radical (unpaired) electrons. The van der Waals surface area contributed by atoms with Gasteiger partial charge in [0.15, 0.2) is 0 Å². The molecule has 2 aliphatic rings. The molecule has 0 bridgehead atoms. The van der Waals surface area contributed by atoms with Crippen molar-refractivity contribution in [1.29, 1.82) is 0 Å². The largest absolute Gasteiger partial charge is 0.480 e. The Kier molecular flexibility index (Phi) is 3.12. The smallest absolute Gasteiger partial charge is 0.326 e. The Morgan fingerprint density at radius 2 is 2.18 bits per heavy atom. The minimum Gasteiger partial charge on any atom is -0.480 e. The number of carboxylic acids is 1. The Balaban J connectivity index is 2.18. The topological polar surface area (TPSA) is 69.6 Å². The quantitative estimate of drug-likeness (QED) is 0.745. The summed E-state index contributed by atoms with van der Waals surface area (Å²) in [7, 11) is 0. The van der Waals surface area contributed by atoms with Crippen LogP contribution >= 0.6 is 0 Å². The maximum Gasteiger partial charge on any atom is 0.326 e. The van der Waals surface area contributed by atoms with Gasteiger partial charge in [-0.1, -0.05) is 13.8 Å². The number of nitrogens with zero attached hydrogens (tertiary/aromatic N) is 1. The lowest BCUT2D eigenvalue weighted by atomic mass is 9.85.